The van der Waals surface area contributed by atoms with Crippen LogP contribution in [0.1, 0.15) is 25.0 Å². The lowest BCUT2D eigenvalue weighted by Gasteiger charge is -2.21. The van der Waals surface area contributed by atoms with Gasteiger partial charge in [0.05, 0.1) is 6.10 Å². The van der Waals surface area contributed by atoms with Crippen molar-refractivity contribution in [1.82, 2.24) is 9.88 Å². The van der Waals surface area contributed by atoms with Gasteiger partial charge in [0.15, 0.2) is 0 Å². The van der Waals surface area contributed by atoms with E-state index in [0.717, 1.165) is 25.0 Å². The molecule has 1 heterocycles. The van der Waals surface area contributed by atoms with Gasteiger partial charge >= 0.3 is 6.09 Å². The smallest absolute Gasteiger partial charge is 0.409 e. The summed E-state index contributed by atoms with van der Waals surface area (Å²) >= 11 is 0. The average Bonchev–Trinajstić information content (AvgIpc) is 2.82. The summed E-state index contributed by atoms with van der Waals surface area (Å²) < 4.78 is 5.29. The predicted molar refractivity (Wildman–Crippen MR) is 70.7 cm³/mol. The number of amides is 1. The number of hydrogen-bond acceptors (Lipinski definition) is 4. The Morgan fingerprint density at radius 3 is 3.00 bits per heavy atom. The van der Waals surface area contributed by atoms with Crippen molar-refractivity contribution < 1.29 is 14.6 Å². The molecule has 2 rings (SSSR count). The zero-order valence-electron chi connectivity index (χ0n) is 11.2. The van der Waals surface area contributed by atoms with Crippen LogP contribution in [0, 0.1) is 0 Å². The van der Waals surface area contributed by atoms with Crippen molar-refractivity contribution in [2.45, 2.75) is 37.9 Å². The first-order valence-corrected chi connectivity index (χ1v) is 6.66. The molecule has 1 amide bonds. The number of rotatable bonds is 4. The average molecular weight is 264 g/mol. The largest absolute Gasteiger partial charge is 0.443 e. The van der Waals surface area contributed by atoms with E-state index in [4.69, 9.17) is 4.74 Å². The number of nitrogens with zero attached hydrogens (tertiary/aromatic N) is 2. The van der Waals surface area contributed by atoms with Crippen LogP contribution in [-0.4, -0.2) is 46.9 Å². The summed E-state index contributed by atoms with van der Waals surface area (Å²) in [7, 11) is 1.70. The number of aliphatic hydroxyl groups is 1. The second-order valence-electron chi connectivity index (χ2n) is 4.91. The molecule has 0 saturated heterocycles. The van der Waals surface area contributed by atoms with Crippen molar-refractivity contribution in [2.75, 3.05) is 13.6 Å². The van der Waals surface area contributed by atoms with Gasteiger partial charge in [-0.25, -0.2) is 4.79 Å². The molecule has 104 valence electrons. The van der Waals surface area contributed by atoms with Gasteiger partial charge in [0.2, 0.25) is 0 Å². The van der Waals surface area contributed by atoms with Gasteiger partial charge in [0, 0.05) is 31.9 Å². The van der Waals surface area contributed by atoms with E-state index >= 15 is 0 Å². The van der Waals surface area contributed by atoms with Crippen molar-refractivity contribution in [3.63, 3.8) is 0 Å². The fourth-order valence-electron chi connectivity index (χ4n) is 2.18. The first-order valence-electron chi connectivity index (χ1n) is 6.66. The third-order valence-electron chi connectivity index (χ3n) is 3.41. The topological polar surface area (TPSA) is 62.7 Å². The summed E-state index contributed by atoms with van der Waals surface area (Å²) in [5.41, 5.74) is 0.947. The van der Waals surface area contributed by atoms with Gasteiger partial charge in [-0.15, -0.1) is 0 Å². The van der Waals surface area contributed by atoms with E-state index < -0.39 is 6.10 Å². The minimum atomic E-state index is -0.506. The van der Waals surface area contributed by atoms with Crippen molar-refractivity contribution in [3.05, 3.63) is 30.1 Å². The van der Waals surface area contributed by atoms with Crippen LogP contribution in [0.25, 0.3) is 0 Å². The Morgan fingerprint density at radius 1 is 1.53 bits per heavy atom. The van der Waals surface area contributed by atoms with Crippen LogP contribution in [0.2, 0.25) is 0 Å². The molecule has 1 aliphatic carbocycles. The molecule has 0 spiro atoms. The summed E-state index contributed by atoms with van der Waals surface area (Å²) in [5, 5.41) is 9.62. The molecule has 0 aliphatic heterocycles. The number of likely N-dealkylation sites (N-methyl/N-ethyl adjacent to an activating group) is 1. The molecule has 5 nitrogen and oxygen atoms in total. The highest BCUT2D eigenvalue weighted by Gasteiger charge is 2.29. The van der Waals surface area contributed by atoms with Crippen molar-refractivity contribution in [1.29, 1.82) is 0 Å². The molecule has 0 aromatic carbocycles. The van der Waals surface area contributed by atoms with Gasteiger partial charge in [-0.1, -0.05) is 6.07 Å². The summed E-state index contributed by atoms with van der Waals surface area (Å²) in [6, 6.07) is 5.72. The lowest BCUT2D eigenvalue weighted by atomic mass is 10.2. The fraction of sp³-hybridized carbons (Fsp3) is 0.571. The van der Waals surface area contributed by atoms with Gasteiger partial charge in [-0.2, -0.15) is 0 Å². The first-order chi connectivity index (χ1) is 9.16. The number of hydrogen-bond donors (Lipinski definition) is 1. The van der Waals surface area contributed by atoms with Crippen LogP contribution < -0.4 is 0 Å². The Morgan fingerprint density at radius 2 is 2.37 bits per heavy atom. The first kappa shape index (κ1) is 13.8. The van der Waals surface area contributed by atoms with Crippen molar-refractivity contribution >= 4 is 6.09 Å². The standard InChI is InChI=1S/C14H20N2O3/c1-16(10-8-11-5-2-3-9-15-11)14(18)19-13-7-4-6-12(13)17/h2-3,5,9,12-13,17H,4,6-8,10H2,1H3/t12-,13+/m1/s1. The summed E-state index contributed by atoms with van der Waals surface area (Å²) in [5.74, 6) is 0. The van der Waals surface area contributed by atoms with E-state index in [1.807, 2.05) is 18.2 Å². The highest BCUT2D eigenvalue weighted by atomic mass is 16.6. The molecule has 1 aliphatic rings. The van der Waals surface area contributed by atoms with Crippen molar-refractivity contribution in [3.8, 4) is 0 Å². The Balaban J connectivity index is 1.76. The van der Waals surface area contributed by atoms with Gasteiger partial charge in [0.25, 0.3) is 0 Å². The van der Waals surface area contributed by atoms with E-state index in [2.05, 4.69) is 4.98 Å². The summed E-state index contributed by atoms with van der Waals surface area (Å²) in [6.07, 6.45) is 3.59. The monoisotopic (exact) mass is 264 g/mol. The maximum Gasteiger partial charge on any atom is 0.409 e. The molecule has 19 heavy (non-hydrogen) atoms. The maximum absolute atomic E-state index is 11.8. The molecule has 1 N–H and O–H groups in total. The second kappa shape index (κ2) is 6.52. The van der Waals surface area contributed by atoms with Crippen LogP contribution in [0.4, 0.5) is 4.79 Å². The van der Waals surface area contributed by atoms with Crippen LogP contribution in [0.15, 0.2) is 24.4 Å². The molecule has 1 aromatic heterocycles. The van der Waals surface area contributed by atoms with E-state index in [1.165, 1.54) is 4.90 Å². The van der Waals surface area contributed by atoms with Crippen LogP contribution in [-0.2, 0) is 11.2 Å². The van der Waals surface area contributed by atoms with Gasteiger partial charge in [-0.05, 0) is 31.4 Å². The van der Waals surface area contributed by atoms with E-state index in [0.29, 0.717) is 13.0 Å². The van der Waals surface area contributed by atoms with Crippen LogP contribution >= 0.6 is 0 Å². The number of pyridine rings is 1. The third kappa shape index (κ3) is 3.92. The zero-order chi connectivity index (χ0) is 13.7. The molecule has 0 bridgehead atoms. The zero-order valence-corrected chi connectivity index (χ0v) is 11.2. The Hall–Kier alpha value is -1.62. The minimum absolute atomic E-state index is 0.343. The molecular formula is C14H20N2O3. The number of aromatic nitrogens is 1. The third-order valence-corrected chi connectivity index (χ3v) is 3.41. The van der Waals surface area contributed by atoms with Gasteiger partial charge < -0.3 is 14.7 Å². The van der Waals surface area contributed by atoms with E-state index in [1.54, 1.807) is 13.2 Å². The van der Waals surface area contributed by atoms with E-state index in [-0.39, 0.29) is 12.2 Å². The SMILES string of the molecule is CN(CCc1ccccn1)C(=O)O[C@H]1CCC[C@H]1O. The van der Waals surface area contributed by atoms with Crippen LogP contribution in [0.5, 0.6) is 0 Å². The number of carbonyl (C=O) groups excluding carboxylic acids is 1. The molecule has 5 heteroatoms. The molecule has 1 saturated carbocycles. The maximum atomic E-state index is 11.8. The minimum Gasteiger partial charge on any atom is -0.443 e. The highest BCUT2D eigenvalue weighted by molar-refractivity contribution is 5.67. The van der Waals surface area contributed by atoms with Gasteiger partial charge in [0.1, 0.15) is 6.10 Å². The lowest BCUT2D eigenvalue weighted by molar-refractivity contribution is 0.00848. The number of ether oxygens (including phenoxy) is 1. The lowest BCUT2D eigenvalue weighted by Crippen LogP contribution is -2.35. The quantitative estimate of drug-likeness (QED) is 0.897. The molecule has 0 radical (unpaired) electrons. The molecule has 1 aromatic rings. The summed E-state index contributed by atoms with van der Waals surface area (Å²) in [4.78, 5) is 17.6. The van der Waals surface area contributed by atoms with Gasteiger partial charge in [-0.3, -0.25) is 4.98 Å². The Kier molecular flexibility index (Phi) is 4.74. The molecule has 0 unspecified atom stereocenters. The Bertz CT molecular complexity index is 410. The predicted octanol–water partition coefficient (Wildman–Crippen LogP) is 1.61. The molecular weight excluding hydrogens is 244 g/mol. The highest BCUT2D eigenvalue weighted by Crippen LogP contribution is 2.22. The Labute approximate surface area is 113 Å². The second-order valence-corrected chi connectivity index (χ2v) is 4.91. The molecule has 1 fully saturated rings. The number of carbonyl (C=O) groups is 1. The number of aliphatic hydroxyl groups excluding tert-OH is 1. The normalized spacial score (nSPS) is 22.2. The molecule has 2 atom stereocenters. The fourth-order valence-corrected chi connectivity index (χ4v) is 2.18. The van der Waals surface area contributed by atoms with Crippen molar-refractivity contribution in [2.24, 2.45) is 0 Å². The van der Waals surface area contributed by atoms with Crippen LogP contribution in [0.3, 0.4) is 0 Å². The summed E-state index contributed by atoms with van der Waals surface area (Å²) in [6.45, 7) is 0.554. The van der Waals surface area contributed by atoms with E-state index in [9.17, 15) is 9.90 Å².